The zero-order valence-corrected chi connectivity index (χ0v) is 16.0. The number of nitrogens with one attached hydrogen (secondary N) is 1. The van der Waals surface area contributed by atoms with E-state index in [0.717, 1.165) is 31.6 Å². The van der Waals surface area contributed by atoms with Crippen molar-refractivity contribution in [2.45, 2.75) is 50.7 Å². The van der Waals surface area contributed by atoms with Crippen LogP contribution in [0.4, 0.5) is 0 Å². The quantitative estimate of drug-likeness (QED) is 0.811. The molecule has 1 N–H and O–H groups in total. The normalized spacial score (nSPS) is 18.8. The summed E-state index contributed by atoms with van der Waals surface area (Å²) in [6.07, 6.45) is 5.67. The molecular formula is C23H28N2O2. The Morgan fingerprint density at radius 3 is 2.63 bits per heavy atom. The number of ether oxygens (including phenoxy) is 1. The lowest BCUT2D eigenvalue weighted by Gasteiger charge is -2.28. The number of hydrogen-bond donors (Lipinski definition) is 1. The molecule has 0 heterocycles. The van der Waals surface area contributed by atoms with Crippen molar-refractivity contribution >= 4 is 5.91 Å². The van der Waals surface area contributed by atoms with Gasteiger partial charge in [0.05, 0.1) is 19.7 Å². The summed E-state index contributed by atoms with van der Waals surface area (Å²) in [5, 5.41) is 3.29. The van der Waals surface area contributed by atoms with Gasteiger partial charge < -0.3 is 10.1 Å². The topological polar surface area (TPSA) is 41.6 Å². The lowest BCUT2D eigenvalue weighted by molar-refractivity contribution is -0.123. The van der Waals surface area contributed by atoms with E-state index >= 15 is 0 Å². The van der Waals surface area contributed by atoms with E-state index in [-0.39, 0.29) is 11.9 Å². The number of methoxy groups -OCH3 is 1. The van der Waals surface area contributed by atoms with Crippen molar-refractivity contribution in [1.82, 2.24) is 10.2 Å². The van der Waals surface area contributed by atoms with Crippen LogP contribution in [0, 0.1) is 0 Å². The number of nitrogens with zero attached hydrogens (tertiary/aromatic N) is 1. The van der Waals surface area contributed by atoms with Gasteiger partial charge in [0, 0.05) is 12.6 Å². The molecular weight excluding hydrogens is 336 g/mol. The molecule has 2 aliphatic rings. The summed E-state index contributed by atoms with van der Waals surface area (Å²) >= 11 is 0. The smallest absolute Gasteiger partial charge is 0.234 e. The summed E-state index contributed by atoms with van der Waals surface area (Å²) in [5.74, 6) is 1.00. The van der Waals surface area contributed by atoms with Gasteiger partial charge in [0.25, 0.3) is 0 Å². The highest BCUT2D eigenvalue weighted by molar-refractivity contribution is 5.78. The van der Waals surface area contributed by atoms with Crippen molar-refractivity contribution in [3.8, 4) is 5.75 Å². The Kier molecular flexibility index (Phi) is 5.44. The lowest BCUT2D eigenvalue weighted by atomic mass is 9.88. The number of aryl methyl sites for hydroxylation is 1. The van der Waals surface area contributed by atoms with Crippen LogP contribution in [0.3, 0.4) is 0 Å². The van der Waals surface area contributed by atoms with Gasteiger partial charge >= 0.3 is 0 Å². The summed E-state index contributed by atoms with van der Waals surface area (Å²) < 4.78 is 5.23. The maximum absolute atomic E-state index is 12.8. The Hall–Kier alpha value is -2.33. The van der Waals surface area contributed by atoms with Gasteiger partial charge in [-0.3, -0.25) is 9.69 Å². The van der Waals surface area contributed by atoms with Crippen LogP contribution in [-0.4, -0.2) is 30.5 Å². The third-order valence-electron chi connectivity index (χ3n) is 5.66. The molecule has 2 aromatic rings. The summed E-state index contributed by atoms with van der Waals surface area (Å²) in [7, 11) is 1.68. The van der Waals surface area contributed by atoms with Crippen molar-refractivity contribution in [2.75, 3.05) is 13.7 Å². The standard InChI is InChI=1S/C23H28N2O2/c1-27-20-13-9-17(10-14-20)15-25(19-11-12-19)16-23(26)24-22-8-4-6-18-5-2-3-7-21(18)22/h2-3,5,7,9-10,13-14,19,22H,4,6,8,11-12,15-16H2,1H3,(H,24,26)/t22-/m1/s1. The number of hydrogen-bond acceptors (Lipinski definition) is 3. The molecule has 142 valence electrons. The SMILES string of the molecule is COc1ccc(CN(CC(=O)N[C@@H]2CCCc3ccccc32)C2CC2)cc1. The first-order chi connectivity index (χ1) is 13.2. The molecule has 0 saturated heterocycles. The predicted octanol–water partition coefficient (Wildman–Crippen LogP) is 3.85. The molecule has 0 aromatic heterocycles. The zero-order chi connectivity index (χ0) is 18.6. The van der Waals surface area contributed by atoms with Gasteiger partial charge in [0.1, 0.15) is 5.75 Å². The molecule has 0 bridgehead atoms. The van der Waals surface area contributed by atoms with E-state index in [1.807, 2.05) is 12.1 Å². The van der Waals surface area contributed by atoms with Crippen LogP contribution >= 0.6 is 0 Å². The summed E-state index contributed by atoms with van der Waals surface area (Å²) in [4.78, 5) is 15.1. The highest BCUT2D eigenvalue weighted by atomic mass is 16.5. The van der Waals surface area contributed by atoms with Crippen LogP contribution < -0.4 is 10.1 Å². The molecule has 2 aliphatic carbocycles. The first-order valence-electron chi connectivity index (χ1n) is 9.97. The Bertz CT molecular complexity index is 783. The molecule has 0 radical (unpaired) electrons. The first-order valence-corrected chi connectivity index (χ1v) is 9.97. The van der Waals surface area contributed by atoms with Crippen LogP contribution in [0.5, 0.6) is 5.75 Å². The molecule has 1 amide bonds. The van der Waals surface area contributed by atoms with Gasteiger partial charge in [-0.25, -0.2) is 0 Å². The van der Waals surface area contributed by atoms with Crippen molar-refractivity contribution in [2.24, 2.45) is 0 Å². The predicted molar refractivity (Wildman–Crippen MR) is 107 cm³/mol. The number of fused-ring (bicyclic) bond motifs is 1. The number of amides is 1. The molecule has 4 heteroatoms. The van der Waals surface area contributed by atoms with Crippen molar-refractivity contribution in [1.29, 1.82) is 0 Å². The average Bonchev–Trinajstić information content (AvgIpc) is 3.54. The van der Waals surface area contributed by atoms with Crippen molar-refractivity contribution < 1.29 is 9.53 Å². The second-order valence-electron chi connectivity index (χ2n) is 7.70. The van der Waals surface area contributed by atoms with E-state index in [9.17, 15) is 4.79 Å². The number of benzene rings is 2. The fourth-order valence-corrected chi connectivity index (χ4v) is 4.05. The van der Waals surface area contributed by atoms with E-state index in [4.69, 9.17) is 4.74 Å². The first kappa shape index (κ1) is 18.1. The molecule has 0 spiro atoms. The number of carbonyl (C=O) groups excluding carboxylic acids is 1. The van der Waals surface area contributed by atoms with Gasteiger partial charge in [-0.15, -0.1) is 0 Å². The molecule has 4 nitrogen and oxygen atoms in total. The minimum atomic E-state index is 0.136. The minimum absolute atomic E-state index is 0.136. The van der Waals surface area contributed by atoms with Gasteiger partial charge in [0.15, 0.2) is 0 Å². The Balaban J connectivity index is 1.38. The Morgan fingerprint density at radius 1 is 1.11 bits per heavy atom. The maximum atomic E-state index is 12.8. The van der Waals surface area contributed by atoms with Crippen LogP contribution in [0.25, 0.3) is 0 Å². The molecule has 1 fully saturated rings. The van der Waals surface area contributed by atoms with E-state index in [2.05, 4.69) is 46.6 Å². The van der Waals surface area contributed by atoms with E-state index in [1.165, 1.54) is 29.5 Å². The second-order valence-corrected chi connectivity index (χ2v) is 7.70. The number of carbonyl (C=O) groups is 1. The second kappa shape index (κ2) is 8.13. The molecule has 27 heavy (non-hydrogen) atoms. The number of rotatable bonds is 7. The van der Waals surface area contributed by atoms with Crippen LogP contribution in [0.15, 0.2) is 48.5 Å². The molecule has 4 rings (SSSR count). The lowest BCUT2D eigenvalue weighted by Crippen LogP contribution is -2.40. The molecule has 1 atom stereocenters. The van der Waals surface area contributed by atoms with Crippen LogP contribution in [-0.2, 0) is 17.8 Å². The van der Waals surface area contributed by atoms with Gasteiger partial charge in [-0.05, 0) is 60.9 Å². The average molecular weight is 364 g/mol. The van der Waals surface area contributed by atoms with Crippen LogP contribution in [0.2, 0.25) is 0 Å². The highest BCUT2D eigenvalue weighted by Crippen LogP contribution is 2.31. The Morgan fingerprint density at radius 2 is 1.89 bits per heavy atom. The van der Waals surface area contributed by atoms with Crippen molar-refractivity contribution in [3.63, 3.8) is 0 Å². The summed E-state index contributed by atoms with van der Waals surface area (Å²) in [5.41, 5.74) is 3.90. The van der Waals surface area contributed by atoms with Gasteiger partial charge in [-0.2, -0.15) is 0 Å². The van der Waals surface area contributed by atoms with Crippen molar-refractivity contribution in [3.05, 3.63) is 65.2 Å². The largest absolute Gasteiger partial charge is 0.497 e. The summed E-state index contributed by atoms with van der Waals surface area (Å²) in [6.45, 7) is 1.28. The molecule has 1 saturated carbocycles. The highest BCUT2D eigenvalue weighted by Gasteiger charge is 2.31. The molecule has 2 aromatic carbocycles. The van der Waals surface area contributed by atoms with Gasteiger partial charge in [-0.1, -0.05) is 36.4 Å². The maximum Gasteiger partial charge on any atom is 0.234 e. The fourth-order valence-electron chi connectivity index (χ4n) is 4.05. The fraction of sp³-hybridized carbons (Fsp3) is 0.435. The third kappa shape index (κ3) is 4.51. The molecule has 0 aliphatic heterocycles. The zero-order valence-electron chi connectivity index (χ0n) is 16.0. The van der Waals surface area contributed by atoms with Gasteiger partial charge in [0.2, 0.25) is 5.91 Å². The summed E-state index contributed by atoms with van der Waals surface area (Å²) in [6, 6.07) is 17.4. The van der Waals surface area contributed by atoms with E-state index < -0.39 is 0 Å². The van der Waals surface area contributed by atoms with E-state index in [1.54, 1.807) is 7.11 Å². The third-order valence-corrected chi connectivity index (χ3v) is 5.66. The monoisotopic (exact) mass is 364 g/mol. The Labute approximate surface area is 161 Å². The minimum Gasteiger partial charge on any atom is -0.497 e. The van der Waals surface area contributed by atoms with E-state index in [0.29, 0.717) is 12.6 Å². The molecule has 0 unspecified atom stereocenters. The van der Waals surface area contributed by atoms with Crippen LogP contribution in [0.1, 0.15) is 48.4 Å².